The monoisotopic (exact) mass is 378 g/mol. The molecule has 144 valence electrons. The van der Waals surface area contributed by atoms with Crippen LogP contribution in [-0.4, -0.2) is 68.0 Å². The molecule has 0 bridgehead atoms. The highest BCUT2D eigenvalue weighted by atomic mass is 16.2. The number of aromatic amines is 2. The third-order valence-corrected chi connectivity index (χ3v) is 5.78. The average molecular weight is 378 g/mol. The van der Waals surface area contributed by atoms with Crippen LogP contribution in [-0.2, 0) is 12.8 Å². The Labute approximate surface area is 161 Å². The van der Waals surface area contributed by atoms with Gasteiger partial charge in [-0.15, -0.1) is 0 Å². The normalized spacial score (nSPS) is 17.0. The lowest BCUT2D eigenvalue weighted by atomic mass is 9.95. The maximum Gasteiger partial charge on any atom is 0.274 e. The molecule has 3 heterocycles. The highest BCUT2D eigenvalue weighted by Gasteiger charge is 2.29. The van der Waals surface area contributed by atoms with Gasteiger partial charge in [-0.25, -0.2) is 4.98 Å². The summed E-state index contributed by atoms with van der Waals surface area (Å²) in [7, 11) is 0. The Bertz CT molecular complexity index is 1040. The zero-order chi connectivity index (χ0) is 19.1. The number of imidazole rings is 1. The number of nitrogens with one attached hydrogen (secondary N) is 2. The summed E-state index contributed by atoms with van der Waals surface area (Å²) in [4.78, 5) is 36.6. The molecule has 2 amide bonds. The molecule has 1 saturated heterocycles. The lowest BCUT2D eigenvalue weighted by molar-refractivity contribution is 0.0531. The topological polar surface area (TPSA) is 98.0 Å². The van der Waals surface area contributed by atoms with Gasteiger partial charge in [0.15, 0.2) is 5.69 Å². The van der Waals surface area contributed by atoms with Gasteiger partial charge in [-0.3, -0.25) is 14.7 Å². The number of hydrogen-bond donors (Lipinski definition) is 2. The maximum atomic E-state index is 12.9. The summed E-state index contributed by atoms with van der Waals surface area (Å²) in [5.41, 5.74) is 5.09. The maximum absolute atomic E-state index is 12.9. The van der Waals surface area contributed by atoms with Crippen LogP contribution < -0.4 is 0 Å². The summed E-state index contributed by atoms with van der Waals surface area (Å²) < 4.78 is 0. The summed E-state index contributed by atoms with van der Waals surface area (Å²) in [5.74, 6) is -0.0360. The smallest absolute Gasteiger partial charge is 0.274 e. The molecule has 28 heavy (non-hydrogen) atoms. The first-order chi connectivity index (χ1) is 13.7. The predicted molar refractivity (Wildman–Crippen MR) is 103 cm³/mol. The minimum absolute atomic E-state index is 0.0132. The van der Waals surface area contributed by atoms with Crippen LogP contribution in [0.5, 0.6) is 0 Å². The SMILES string of the molecule is O=C(c1ccc2nc[nH]c2c1)N1CCN(C(=O)c2n[nH]c3c2CCCC3)CC1. The molecule has 2 aromatic heterocycles. The van der Waals surface area contributed by atoms with Gasteiger partial charge in [-0.2, -0.15) is 5.10 Å². The molecular formula is C20H22N6O2. The van der Waals surface area contributed by atoms with Crippen molar-refractivity contribution in [3.8, 4) is 0 Å². The quantitative estimate of drug-likeness (QED) is 0.710. The summed E-state index contributed by atoms with van der Waals surface area (Å²) in [5, 5.41) is 7.33. The molecule has 5 rings (SSSR count). The first kappa shape index (κ1) is 17.0. The summed E-state index contributed by atoms with van der Waals surface area (Å²) in [6.07, 6.45) is 5.76. The van der Waals surface area contributed by atoms with E-state index in [0.29, 0.717) is 37.4 Å². The van der Waals surface area contributed by atoms with Gasteiger partial charge in [0.25, 0.3) is 11.8 Å². The highest BCUT2D eigenvalue weighted by molar-refractivity contribution is 5.98. The Morgan fingerprint density at radius 1 is 0.964 bits per heavy atom. The van der Waals surface area contributed by atoms with E-state index in [1.54, 1.807) is 17.3 Å². The zero-order valence-electron chi connectivity index (χ0n) is 15.6. The van der Waals surface area contributed by atoms with Crippen molar-refractivity contribution in [2.45, 2.75) is 25.7 Å². The van der Waals surface area contributed by atoms with Crippen LogP contribution in [0.2, 0.25) is 0 Å². The van der Waals surface area contributed by atoms with Gasteiger partial charge in [0.1, 0.15) is 0 Å². The Hall–Kier alpha value is -3.16. The van der Waals surface area contributed by atoms with Crippen LogP contribution in [0.25, 0.3) is 11.0 Å². The first-order valence-electron chi connectivity index (χ1n) is 9.78. The minimum Gasteiger partial charge on any atom is -0.345 e. The molecule has 2 aliphatic rings. The van der Waals surface area contributed by atoms with Crippen molar-refractivity contribution >= 4 is 22.8 Å². The Balaban J connectivity index is 1.26. The van der Waals surface area contributed by atoms with Crippen molar-refractivity contribution < 1.29 is 9.59 Å². The van der Waals surface area contributed by atoms with Crippen molar-refractivity contribution in [1.82, 2.24) is 30.0 Å². The predicted octanol–water partition coefficient (Wildman–Crippen LogP) is 1.76. The number of carbonyl (C=O) groups excluding carboxylic acids is 2. The van der Waals surface area contributed by atoms with E-state index >= 15 is 0 Å². The molecule has 0 saturated carbocycles. The van der Waals surface area contributed by atoms with Crippen molar-refractivity contribution in [2.75, 3.05) is 26.2 Å². The van der Waals surface area contributed by atoms with Crippen molar-refractivity contribution in [2.24, 2.45) is 0 Å². The van der Waals surface area contributed by atoms with Crippen LogP contribution in [0.15, 0.2) is 24.5 Å². The molecule has 1 aliphatic carbocycles. The van der Waals surface area contributed by atoms with E-state index in [0.717, 1.165) is 48.0 Å². The number of nitrogens with zero attached hydrogens (tertiary/aromatic N) is 4. The lowest BCUT2D eigenvalue weighted by Crippen LogP contribution is -2.50. The standard InChI is InChI=1S/C20H22N6O2/c27-19(13-5-6-16-17(11-13)22-12-21-16)25-7-9-26(10-8-25)20(28)18-14-3-1-2-4-15(14)23-24-18/h5-6,11-12H,1-4,7-10H2,(H,21,22)(H,23,24). The molecule has 1 aliphatic heterocycles. The first-order valence-corrected chi connectivity index (χ1v) is 9.78. The number of benzene rings is 1. The van der Waals surface area contributed by atoms with Crippen LogP contribution in [0.1, 0.15) is 44.9 Å². The average Bonchev–Trinajstić information content (AvgIpc) is 3.39. The fourth-order valence-corrected chi connectivity index (χ4v) is 4.17. The summed E-state index contributed by atoms with van der Waals surface area (Å²) in [6.45, 7) is 2.10. The molecule has 1 aromatic carbocycles. The second-order valence-electron chi connectivity index (χ2n) is 7.46. The number of aromatic nitrogens is 4. The van der Waals surface area contributed by atoms with E-state index in [-0.39, 0.29) is 11.8 Å². The largest absolute Gasteiger partial charge is 0.345 e. The molecule has 0 atom stereocenters. The Kier molecular flexibility index (Phi) is 4.11. The number of aryl methyl sites for hydroxylation is 1. The van der Waals surface area contributed by atoms with Crippen molar-refractivity contribution in [3.05, 3.63) is 47.0 Å². The van der Waals surface area contributed by atoms with Gasteiger partial charge in [-0.05, 0) is 43.9 Å². The minimum atomic E-state index is -0.0228. The zero-order valence-corrected chi connectivity index (χ0v) is 15.6. The second kappa shape index (κ2) is 6.78. The van der Waals surface area contributed by atoms with E-state index in [1.165, 1.54) is 0 Å². The number of amides is 2. The van der Waals surface area contributed by atoms with Gasteiger partial charge in [0, 0.05) is 43.0 Å². The van der Waals surface area contributed by atoms with Crippen LogP contribution in [0.3, 0.4) is 0 Å². The van der Waals surface area contributed by atoms with Gasteiger partial charge in [0.2, 0.25) is 0 Å². The number of rotatable bonds is 2. The molecule has 0 radical (unpaired) electrons. The van der Waals surface area contributed by atoms with Gasteiger partial charge >= 0.3 is 0 Å². The fraction of sp³-hybridized carbons (Fsp3) is 0.400. The third-order valence-electron chi connectivity index (χ3n) is 5.78. The second-order valence-corrected chi connectivity index (χ2v) is 7.46. The molecule has 0 unspecified atom stereocenters. The van der Waals surface area contributed by atoms with Gasteiger partial charge in [0.05, 0.1) is 17.4 Å². The number of hydrogen-bond acceptors (Lipinski definition) is 4. The van der Waals surface area contributed by atoms with Gasteiger partial charge < -0.3 is 14.8 Å². The summed E-state index contributed by atoms with van der Waals surface area (Å²) >= 11 is 0. The molecule has 0 spiro atoms. The van der Waals surface area contributed by atoms with E-state index in [2.05, 4.69) is 20.2 Å². The highest BCUT2D eigenvalue weighted by Crippen LogP contribution is 2.23. The van der Waals surface area contributed by atoms with Crippen LogP contribution in [0.4, 0.5) is 0 Å². The molecule has 2 N–H and O–H groups in total. The Morgan fingerprint density at radius 2 is 1.71 bits per heavy atom. The third kappa shape index (κ3) is 2.85. The number of H-pyrrole nitrogens is 2. The van der Waals surface area contributed by atoms with E-state index in [1.807, 2.05) is 17.0 Å². The van der Waals surface area contributed by atoms with E-state index in [9.17, 15) is 9.59 Å². The fourth-order valence-electron chi connectivity index (χ4n) is 4.17. The molecule has 1 fully saturated rings. The number of fused-ring (bicyclic) bond motifs is 2. The van der Waals surface area contributed by atoms with E-state index in [4.69, 9.17) is 0 Å². The summed E-state index contributed by atoms with van der Waals surface area (Å²) in [6, 6.07) is 5.48. The molecule has 3 aromatic rings. The molecular weight excluding hydrogens is 356 g/mol. The molecule has 8 nitrogen and oxygen atoms in total. The lowest BCUT2D eigenvalue weighted by Gasteiger charge is -2.34. The van der Waals surface area contributed by atoms with Crippen molar-refractivity contribution in [3.63, 3.8) is 0 Å². The van der Waals surface area contributed by atoms with E-state index < -0.39 is 0 Å². The Morgan fingerprint density at radius 3 is 2.54 bits per heavy atom. The van der Waals surface area contributed by atoms with Crippen LogP contribution in [0, 0.1) is 0 Å². The number of piperazine rings is 1. The van der Waals surface area contributed by atoms with Crippen LogP contribution >= 0.6 is 0 Å². The van der Waals surface area contributed by atoms with Gasteiger partial charge in [-0.1, -0.05) is 0 Å². The molecule has 8 heteroatoms. The number of carbonyl (C=O) groups is 2. The van der Waals surface area contributed by atoms with Crippen molar-refractivity contribution in [1.29, 1.82) is 0 Å².